The molecule has 1 saturated heterocycles. The summed E-state index contributed by atoms with van der Waals surface area (Å²) in [5.41, 5.74) is 0.849. The van der Waals surface area contributed by atoms with Gasteiger partial charge in [0, 0.05) is 37.3 Å². The largest absolute Gasteiger partial charge is 0.490 e. The van der Waals surface area contributed by atoms with E-state index in [2.05, 4.69) is 10.2 Å². The van der Waals surface area contributed by atoms with Crippen molar-refractivity contribution in [3.05, 3.63) is 63.1 Å². The Hall–Kier alpha value is -1.46. The fraction of sp³-hybridized carbons (Fsp3) is 0.381. The van der Waals surface area contributed by atoms with Crippen molar-refractivity contribution in [2.24, 2.45) is 0 Å². The van der Waals surface area contributed by atoms with Gasteiger partial charge in [-0.1, -0.05) is 53.0 Å². The van der Waals surface area contributed by atoms with Gasteiger partial charge in [0.2, 0.25) is 5.91 Å². The SMILES string of the molecule is O=C(Cc1ccccc1Cl)NCCN1CCC(Oc2ccc(Cl)c(Cl)c2)CC1. The van der Waals surface area contributed by atoms with E-state index in [0.29, 0.717) is 28.0 Å². The van der Waals surface area contributed by atoms with Crippen molar-refractivity contribution in [3.63, 3.8) is 0 Å². The van der Waals surface area contributed by atoms with E-state index >= 15 is 0 Å². The molecule has 2 aromatic carbocycles. The van der Waals surface area contributed by atoms with Crippen molar-refractivity contribution in [2.45, 2.75) is 25.4 Å². The van der Waals surface area contributed by atoms with Crippen LogP contribution in [0.25, 0.3) is 0 Å². The monoisotopic (exact) mass is 440 g/mol. The number of piperidine rings is 1. The number of hydrogen-bond acceptors (Lipinski definition) is 3. The van der Waals surface area contributed by atoms with E-state index in [0.717, 1.165) is 43.8 Å². The van der Waals surface area contributed by atoms with Crippen molar-refractivity contribution in [3.8, 4) is 5.75 Å². The second kappa shape index (κ2) is 10.4. The Morgan fingerprint density at radius 1 is 1.04 bits per heavy atom. The molecule has 0 spiro atoms. The lowest BCUT2D eigenvalue weighted by molar-refractivity contribution is -0.120. The van der Waals surface area contributed by atoms with Crippen molar-refractivity contribution < 1.29 is 9.53 Å². The Kier molecular flexibility index (Phi) is 7.86. The van der Waals surface area contributed by atoms with Crippen LogP contribution in [0, 0.1) is 0 Å². The predicted molar refractivity (Wildman–Crippen MR) is 115 cm³/mol. The summed E-state index contributed by atoms with van der Waals surface area (Å²) in [4.78, 5) is 14.4. The summed E-state index contributed by atoms with van der Waals surface area (Å²) in [5.74, 6) is 0.741. The highest BCUT2D eigenvalue weighted by atomic mass is 35.5. The van der Waals surface area contributed by atoms with Gasteiger partial charge >= 0.3 is 0 Å². The first-order chi connectivity index (χ1) is 13.5. The Morgan fingerprint density at radius 2 is 1.79 bits per heavy atom. The maximum atomic E-state index is 12.1. The second-order valence-corrected chi connectivity index (χ2v) is 8.07. The molecule has 0 atom stereocenters. The van der Waals surface area contributed by atoms with Crippen LogP contribution in [0.3, 0.4) is 0 Å². The lowest BCUT2D eigenvalue weighted by Gasteiger charge is -2.32. The summed E-state index contributed by atoms with van der Waals surface area (Å²) in [6.07, 6.45) is 2.35. The van der Waals surface area contributed by atoms with Gasteiger partial charge in [0.25, 0.3) is 0 Å². The van der Waals surface area contributed by atoms with E-state index < -0.39 is 0 Å². The standard InChI is InChI=1S/C21H23Cl3N2O2/c22-18-4-2-1-3-15(18)13-21(27)25-9-12-26-10-7-16(8-11-26)28-17-5-6-19(23)20(24)14-17/h1-6,14,16H,7-13H2,(H,25,27). The van der Waals surface area contributed by atoms with Gasteiger partial charge in [-0.25, -0.2) is 0 Å². The minimum atomic E-state index is -0.00839. The molecule has 0 unspecified atom stereocenters. The van der Waals surface area contributed by atoms with Crippen molar-refractivity contribution in [2.75, 3.05) is 26.2 Å². The van der Waals surface area contributed by atoms with Crippen LogP contribution in [0.4, 0.5) is 0 Å². The zero-order chi connectivity index (χ0) is 19.9. The fourth-order valence-corrected chi connectivity index (χ4v) is 3.71. The van der Waals surface area contributed by atoms with Crippen LogP contribution < -0.4 is 10.1 Å². The lowest BCUT2D eigenvalue weighted by atomic mass is 10.1. The first kappa shape index (κ1) is 21.3. The van der Waals surface area contributed by atoms with Crippen LogP contribution in [0.15, 0.2) is 42.5 Å². The highest BCUT2D eigenvalue weighted by Gasteiger charge is 2.20. The smallest absolute Gasteiger partial charge is 0.224 e. The van der Waals surface area contributed by atoms with Crippen molar-refractivity contribution in [1.82, 2.24) is 10.2 Å². The Labute approximate surface area is 180 Å². The third-order valence-electron chi connectivity index (χ3n) is 4.79. The maximum absolute atomic E-state index is 12.1. The first-order valence-electron chi connectivity index (χ1n) is 9.35. The van der Waals surface area contributed by atoms with Crippen LogP contribution in [0.2, 0.25) is 15.1 Å². The zero-order valence-corrected chi connectivity index (χ0v) is 17.7. The molecule has 2 aromatic rings. The number of hydrogen-bond donors (Lipinski definition) is 1. The molecule has 0 saturated carbocycles. The molecular weight excluding hydrogens is 419 g/mol. The quantitative estimate of drug-likeness (QED) is 0.668. The van der Waals surface area contributed by atoms with E-state index in [1.165, 1.54) is 0 Å². The molecule has 1 fully saturated rings. The van der Waals surface area contributed by atoms with Gasteiger partial charge in [-0.3, -0.25) is 4.79 Å². The minimum Gasteiger partial charge on any atom is -0.490 e. The molecule has 150 valence electrons. The van der Waals surface area contributed by atoms with E-state index in [9.17, 15) is 4.79 Å². The molecule has 0 aromatic heterocycles. The number of amides is 1. The van der Waals surface area contributed by atoms with Crippen LogP contribution in [0.1, 0.15) is 18.4 Å². The summed E-state index contributed by atoms with van der Waals surface area (Å²) in [5, 5.41) is 4.63. The maximum Gasteiger partial charge on any atom is 0.224 e. The Bertz CT molecular complexity index is 808. The van der Waals surface area contributed by atoms with Gasteiger partial charge in [-0.2, -0.15) is 0 Å². The average molecular weight is 442 g/mol. The predicted octanol–water partition coefficient (Wildman–Crippen LogP) is 4.85. The molecule has 1 N–H and O–H groups in total. The number of nitrogens with one attached hydrogen (secondary N) is 1. The molecule has 3 rings (SSSR count). The van der Waals surface area contributed by atoms with Gasteiger partial charge in [0.05, 0.1) is 16.5 Å². The number of nitrogens with zero attached hydrogens (tertiary/aromatic N) is 1. The average Bonchev–Trinajstić information content (AvgIpc) is 2.68. The summed E-state index contributed by atoms with van der Waals surface area (Å²) in [6.45, 7) is 3.33. The molecule has 7 heteroatoms. The van der Waals surface area contributed by atoms with Gasteiger partial charge in [0.15, 0.2) is 0 Å². The number of carbonyl (C=O) groups is 1. The number of likely N-dealkylation sites (tertiary alicyclic amines) is 1. The van der Waals surface area contributed by atoms with Gasteiger partial charge in [-0.15, -0.1) is 0 Å². The first-order valence-corrected chi connectivity index (χ1v) is 10.5. The summed E-state index contributed by atoms with van der Waals surface area (Å²) in [7, 11) is 0. The topological polar surface area (TPSA) is 41.6 Å². The summed E-state index contributed by atoms with van der Waals surface area (Å²) in [6, 6.07) is 12.8. The number of ether oxygens (including phenoxy) is 1. The minimum absolute atomic E-state index is 0.00839. The second-order valence-electron chi connectivity index (χ2n) is 6.85. The molecule has 1 aliphatic rings. The van der Waals surface area contributed by atoms with Crippen molar-refractivity contribution in [1.29, 1.82) is 0 Å². The van der Waals surface area contributed by atoms with Gasteiger partial charge < -0.3 is 15.0 Å². The number of halogens is 3. The highest BCUT2D eigenvalue weighted by Crippen LogP contribution is 2.28. The molecule has 4 nitrogen and oxygen atoms in total. The highest BCUT2D eigenvalue weighted by molar-refractivity contribution is 6.42. The van der Waals surface area contributed by atoms with E-state index in [1.807, 2.05) is 24.3 Å². The third kappa shape index (κ3) is 6.28. The van der Waals surface area contributed by atoms with Crippen LogP contribution in [0.5, 0.6) is 5.75 Å². The number of carbonyl (C=O) groups excluding carboxylic acids is 1. The molecule has 0 radical (unpaired) electrons. The van der Waals surface area contributed by atoms with Crippen LogP contribution >= 0.6 is 34.8 Å². The Morgan fingerprint density at radius 3 is 2.50 bits per heavy atom. The fourth-order valence-electron chi connectivity index (χ4n) is 3.22. The van der Waals surface area contributed by atoms with Gasteiger partial charge in [-0.05, 0) is 36.6 Å². The summed E-state index contributed by atoms with van der Waals surface area (Å²) >= 11 is 18.1. The molecule has 1 heterocycles. The molecule has 28 heavy (non-hydrogen) atoms. The number of rotatable bonds is 7. The Balaban J connectivity index is 1.35. The van der Waals surface area contributed by atoms with Gasteiger partial charge in [0.1, 0.15) is 11.9 Å². The van der Waals surface area contributed by atoms with E-state index in [1.54, 1.807) is 18.2 Å². The van der Waals surface area contributed by atoms with E-state index in [4.69, 9.17) is 39.5 Å². The molecule has 1 amide bonds. The normalized spacial score (nSPS) is 15.4. The lowest BCUT2D eigenvalue weighted by Crippen LogP contribution is -2.42. The molecule has 0 bridgehead atoms. The number of benzene rings is 2. The van der Waals surface area contributed by atoms with Crippen LogP contribution in [-0.2, 0) is 11.2 Å². The molecular formula is C21H23Cl3N2O2. The molecule has 1 aliphatic heterocycles. The van der Waals surface area contributed by atoms with Crippen LogP contribution in [-0.4, -0.2) is 43.1 Å². The summed E-state index contributed by atoms with van der Waals surface area (Å²) < 4.78 is 6.01. The van der Waals surface area contributed by atoms with E-state index in [-0.39, 0.29) is 12.0 Å². The third-order valence-corrected chi connectivity index (χ3v) is 5.90. The van der Waals surface area contributed by atoms with Crippen molar-refractivity contribution >= 4 is 40.7 Å². The zero-order valence-electron chi connectivity index (χ0n) is 15.5. The molecule has 0 aliphatic carbocycles.